The first-order chi connectivity index (χ1) is 17.6. The summed E-state index contributed by atoms with van der Waals surface area (Å²) in [6.45, 7) is 1.73. The Morgan fingerprint density at radius 2 is 1.47 bits per heavy atom. The van der Waals surface area contributed by atoms with E-state index in [1.165, 1.54) is 0 Å². The van der Waals surface area contributed by atoms with E-state index < -0.39 is 11.8 Å². The first kappa shape index (κ1) is 22.8. The summed E-state index contributed by atoms with van der Waals surface area (Å²) in [6, 6.07) is 30.7. The molecule has 0 aliphatic carbocycles. The van der Waals surface area contributed by atoms with Gasteiger partial charge in [0.1, 0.15) is 11.6 Å². The van der Waals surface area contributed by atoms with Crippen LogP contribution in [0.15, 0.2) is 114 Å². The van der Waals surface area contributed by atoms with Gasteiger partial charge in [0.25, 0.3) is 11.8 Å². The Balaban J connectivity index is 1.65. The van der Waals surface area contributed by atoms with Crippen LogP contribution in [-0.4, -0.2) is 26.5 Å². The molecular formula is C30H22N4O2. The number of carbonyl (C=O) groups is 2. The minimum absolute atomic E-state index is 0.0338. The summed E-state index contributed by atoms with van der Waals surface area (Å²) in [5, 5.41) is 14.6. The normalized spacial score (nSPS) is 14.9. The van der Waals surface area contributed by atoms with Crippen molar-refractivity contribution in [2.45, 2.75) is 13.5 Å². The van der Waals surface area contributed by atoms with Gasteiger partial charge in [0.2, 0.25) is 0 Å². The molecule has 6 nitrogen and oxygen atoms in total. The van der Waals surface area contributed by atoms with Gasteiger partial charge in [-0.3, -0.25) is 14.5 Å². The molecule has 36 heavy (non-hydrogen) atoms. The third-order valence-corrected chi connectivity index (χ3v) is 6.12. The maximum absolute atomic E-state index is 13.6. The number of benzene rings is 3. The molecule has 0 unspecified atom stereocenters. The molecule has 0 atom stereocenters. The van der Waals surface area contributed by atoms with E-state index in [9.17, 15) is 14.9 Å². The molecule has 1 aliphatic heterocycles. The fourth-order valence-corrected chi connectivity index (χ4v) is 4.22. The number of nitriles is 1. The van der Waals surface area contributed by atoms with Crippen LogP contribution in [0, 0.1) is 11.3 Å². The highest BCUT2D eigenvalue weighted by Gasteiger charge is 2.35. The van der Waals surface area contributed by atoms with Crippen molar-refractivity contribution >= 4 is 17.9 Å². The summed E-state index contributed by atoms with van der Waals surface area (Å²) >= 11 is 0. The summed E-state index contributed by atoms with van der Waals surface area (Å²) in [4.78, 5) is 27.8. The lowest BCUT2D eigenvalue weighted by Crippen LogP contribution is -2.42. The SMILES string of the molecule is CC1=C(C#N)C(=O)N(Cc2ccccc2)C(=O)/C1=C/c1cn(-c2ccccc2)nc1-c1ccccc1. The van der Waals surface area contributed by atoms with Crippen molar-refractivity contribution in [2.24, 2.45) is 0 Å². The molecule has 1 aromatic heterocycles. The Hall–Kier alpha value is -5.02. The molecule has 6 heteroatoms. The van der Waals surface area contributed by atoms with E-state index in [4.69, 9.17) is 5.10 Å². The standard InChI is InChI=1S/C30H22N4O2/c1-21-26(29(35)33(30(36)27(21)18-31)19-22-11-5-2-6-12-22)17-24-20-34(25-15-9-4-10-16-25)32-28(24)23-13-7-3-8-14-23/h2-17,20H,19H2,1H3/b26-17+. The van der Waals surface area contributed by atoms with E-state index in [1.54, 1.807) is 17.7 Å². The maximum atomic E-state index is 13.6. The highest BCUT2D eigenvalue weighted by molar-refractivity contribution is 6.19. The van der Waals surface area contributed by atoms with Crippen molar-refractivity contribution in [3.63, 3.8) is 0 Å². The topological polar surface area (TPSA) is 79.0 Å². The number of aromatic nitrogens is 2. The predicted octanol–water partition coefficient (Wildman–Crippen LogP) is 5.33. The second kappa shape index (κ2) is 9.69. The number of nitrogens with zero attached hydrogens (tertiary/aromatic N) is 4. The van der Waals surface area contributed by atoms with Crippen LogP contribution in [0.2, 0.25) is 0 Å². The minimum atomic E-state index is -0.579. The Morgan fingerprint density at radius 1 is 0.861 bits per heavy atom. The van der Waals surface area contributed by atoms with Gasteiger partial charge in [-0.15, -0.1) is 0 Å². The van der Waals surface area contributed by atoms with Crippen LogP contribution in [-0.2, 0) is 16.1 Å². The van der Waals surface area contributed by atoms with Crippen molar-refractivity contribution < 1.29 is 9.59 Å². The van der Waals surface area contributed by atoms with E-state index >= 15 is 0 Å². The Labute approximate surface area is 209 Å². The second-order valence-electron chi connectivity index (χ2n) is 8.43. The summed E-state index contributed by atoms with van der Waals surface area (Å²) in [6.07, 6.45) is 3.59. The van der Waals surface area contributed by atoms with Crippen LogP contribution in [0.1, 0.15) is 18.1 Å². The molecule has 1 aliphatic rings. The smallest absolute Gasteiger partial charge is 0.269 e. The van der Waals surface area contributed by atoms with Gasteiger partial charge in [-0.1, -0.05) is 78.9 Å². The number of imide groups is 1. The summed E-state index contributed by atoms with van der Waals surface area (Å²) in [7, 11) is 0. The first-order valence-electron chi connectivity index (χ1n) is 11.5. The number of amides is 2. The lowest BCUT2D eigenvalue weighted by molar-refractivity contribution is -0.141. The van der Waals surface area contributed by atoms with Gasteiger partial charge in [-0.05, 0) is 36.3 Å². The number of carbonyl (C=O) groups excluding carboxylic acids is 2. The molecule has 0 bridgehead atoms. The fourth-order valence-electron chi connectivity index (χ4n) is 4.22. The number of rotatable bonds is 5. The fraction of sp³-hybridized carbons (Fsp3) is 0.0667. The van der Waals surface area contributed by atoms with E-state index in [0.29, 0.717) is 22.4 Å². The van der Waals surface area contributed by atoms with Crippen LogP contribution < -0.4 is 0 Å². The third-order valence-electron chi connectivity index (χ3n) is 6.12. The highest BCUT2D eigenvalue weighted by Crippen LogP contribution is 2.31. The summed E-state index contributed by atoms with van der Waals surface area (Å²) in [5.74, 6) is -1.02. The molecule has 0 N–H and O–H groups in total. The van der Waals surface area contributed by atoms with Crippen molar-refractivity contribution in [1.29, 1.82) is 5.26 Å². The second-order valence-corrected chi connectivity index (χ2v) is 8.43. The maximum Gasteiger partial charge on any atom is 0.271 e. The van der Waals surface area contributed by atoms with Crippen molar-refractivity contribution in [1.82, 2.24) is 14.7 Å². The molecule has 0 radical (unpaired) electrons. The molecule has 174 valence electrons. The van der Waals surface area contributed by atoms with E-state index in [-0.39, 0.29) is 12.1 Å². The Bertz CT molecular complexity index is 1540. The van der Waals surface area contributed by atoms with Gasteiger partial charge < -0.3 is 0 Å². The predicted molar refractivity (Wildman–Crippen MR) is 137 cm³/mol. The zero-order chi connectivity index (χ0) is 25.1. The molecule has 4 aromatic rings. The lowest BCUT2D eigenvalue weighted by Gasteiger charge is -2.27. The van der Waals surface area contributed by atoms with Crippen LogP contribution in [0.4, 0.5) is 0 Å². The van der Waals surface area contributed by atoms with Crippen LogP contribution in [0.3, 0.4) is 0 Å². The van der Waals surface area contributed by atoms with E-state index in [1.807, 2.05) is 103 Å². The van der Waals surface area contributed by atoms with Crippen LogP contribution >= 0.6 is 0 Å². The molecule has 0 saturated heterocycles. The number of hydrogen-bond donors (Lipinski definition) is 0. The zero-order valence-electron chi connectivity index (χ0n) is 19.6. The Morgan fingerprint density at radius 3 is 2.11 bits per heavy atom. The van der Waals surface area contributed by atoms with Gasteiger partial charge in [0, 0.05) is 22.9 Å². The monoisotopic (exact) mass is 470 g/mol. The van der Waals surface area contributed by atoms with Gasteiger partial charge in [-0.25, -0.2) is 4.68 Å². The molecule has 3 aromatic carbocycles. The van der Waals surface area contributed by atoms with Gasteiger partial charge in [0.05, 0.1) is 17.9 Å². The van der Waals surface area contributed by atoms with Crippen molar-refractivity contribution in [2.75, 3.05) is 0 Å². The van der Waals surface area contributed by atoms with Gasteiger partial charge in [0.15, 0.2) is 0 Å². The van der Waals surface area contributed by atoms with Crippen LogP contribution in [0.5, 0.6) is 0 Å². The molecule has 2 heterocycles. The zero-order valence-corrected chi connectivity index (χ0v) is 19.6. The lowest BCUT2D eigenvalue weighted by atomic mass is 9.93. The summed E-state index contributed by atoms with van der Waals surface area (Å²) in [5.41, 5.74) is 4.60. The summed E-state index contributed by atoms with van der Waals surface area (Å²) < 4.78 is 1.76. The number of para-hydroxylation sites is 1. The van der Waals surface area contributed by atoms with Gasteiger partial charge in [-0.2, -0.15) is 10.4 Å². The van der Waals surface area contributed by atoms with E-state index in [0.717, 1.165) is 21.7 Å². The largest absolute Gasteiger partial charge is 0.271 e. The molecule has 5 rings (SSSR count). The third kappa shape index (κ3) is 4.26. The van der Waals surface area contributed by atoms with Gasteiger partial charge >= 0.3 is 0 Å². The molecule has 0 saturated carbocycles. The average Bonchev–Trinajstić information content (AvgIpc) is 3.35. The first-order valence-corrected chi connectivity index (χ1v) is 11.5. The highest BCUT2D eigenvalue weighted by atomic mass is 16.2. The number of hydrogen-bond acceptors (Lipinski definition) is 4. The van der Waals surface area contributed by atoms with E-state index in [2.05, 4.69) is 0 Å². The minimum Gasteiger partial charge on any atom is -0.269 e. The molecule has 2 amide bonds. The quantitative estimate of drug-likeness (QED) is 0.292. The Kier molecular flexibility index (Phi) is 6.12. The van der Waals surface area contributed by atoms with Crippen molar-refractivity contribution in [3.05, 3.63) is 125 Å². The average molecular weight is 471 g/mol. The molecule has 0 fully saturated rings. The van der Waals surface area contributed by atoms with Crippen molar-refractivity contribution in [3.8, 4) is 23.0 Å². The van der Waals surface area contributed by atoms with Crippen LogP contribution in [0.25, 0.3) is 23.0 Å². The molecule has 0 spiro atoms. The molecular weight excluding hydrogens is 448 g/mol.